The molecule has 3 rings (SSSR count). The fraction of sp³-hybridized carbons (Fsp3) is 0.333. The van der Waals surface area contributed by atoms with Crippen molar-refractivity contribution in [2.24, 2.45) is 0 Å². The van der Waals surface area contributed by atoms with Gasteiger partial charge in [0, 0.05) is 17.9 Å². The minimum absolute atomic E-state index is 0.591. The van der Waals surface area contributed by atoms with Crippen LogP contribution in [0.2, 0.25) is 0 Å². The lowest BCUT2D eigenvalue weighted by atomic mass is 9.93. The summed E-state index contributed by atoms with van der Waals surface area (Å²) in [5.74, 6) is 0. The summed E-state index contributed by atoms with van der Waals surface area (Å²) in [5, 5.41) is 10.9. The first-order valence-corrected chi connectivity index (χ1v) is 7.47. The first-order chi connectivity index (χ1) is 10.1. The van der Waals surface area contributed by atoms with Crippen LogP contribution in [-0.2, 0) is 12.0 Å². The van der Waals surface area contributed by atoms with E-state index in [9.17, 15) is 5.11 Å². The van der Waals surface area contributed by atoms with Gasteiger partial charge in [-0.25, -0.2) is 0 Å². The number of rotatable bonds is 3. The summed E-state index contributed by atoms with van der Waals surface area (Å²) in [6.45, 7) is 3.45. The van der Waals surface area contributed by atoms with E-state index in [4.69, 9.17) is 5.73 Å². The lowest BCUT2D eigenvalue weighted by molar-refractivity contribution is 0.0641. The van der Waals surface area contributed by atoms with Crippen molar-refractivity contribution in [1.29, 1.82) is 0 Å². The highest BCUT2D eigenvalue weighted by Crippen LogP contribution is 2.32. The van der Waals surface area contributed by atoms with Crippen molar-refractivity contribution in [3.8, 4) is 0 Å². The predicted molar refractivity (Wildman–Crippen MR) is 87.4 cm³/mol. The molecule has 1 unspecified atom stereocenters. The van der Waals surface area contributed by atoms with E-state index in [1.165, 1.54) is 11.3 Å². The topological polar surface area (TPSA) is 49.5 Å². The predicted octanol–water partition coefficient (Wildman–Crippen LogP) is 2.93. The molecule has 2 aromatic rings. The molecule has 1 aliphatic rings. The van der Waals surface area contributed by atoms with E-state index in [0.717, 1.165) is 30.6 Å². The van der Waals surface area contributed by atoms with Crippen molar-refractivity contribution in [2.75, 3.05) is 23.7 Å². The van der Waals surface area contributed by atoms with Crippen molar-refractivity contribution in [3.63, 3.8) is 0 Å². The zero-order chi connectivity index (χ0) is 14.9. The Bertz CT molecular complexity index is 622. The Kier molecular flexibility index (Phi) is 3.60. The molecule has 1 aliphatic heterocycles. The first-order valence-electron chi connectivity index (χ1n) is 7.47. The second kappa shape index (κ2) is 5.41. The van der Waals surface area contributed by atoms with E-state index in [1.807, 2.05) is 43.3 Å². The molecule has 0 saturated heterocycles. The standard InChI is InChI=1S/C18H22N2O/c1-18(21,15-7-3-2-4-8-15)13-20-11-5-6-14-12-16(19)9-10-17(14)20/h2-4,7-10,12,21H,5-6,11,13,19H2,1H3. The van der Waals surface area contributed by atoms with Crippen molar-refractivity contribution in [1.82, 2.24) is 0 Å². The molecule has 1 atom stereocenters. The number of anilines is 2. The third-order valence-electron chi connectivity index (χ3n) is 4.21. The number of nitrogen functional groups attached to an aromatic ring is 1. The number of hydrogen-bond donors (Lipinski definition) is 2. The SMILES string of the molecule is CC(O)(CN1CCCc2cc(N)ccc21)c1ccccc1. The van der Waals surface area contributed by atoms with Crippen molar-refractivity contribution < 1.29 is 5.11 Å². The van der Waals surface area contributed by atoms with E-state index >= 15 is 0 Å². The van der Waals surface area contributed by atoms with Gasteiger partial charge in [-0.3, -0.25) is 0 Å². The van der Waals surface area contributed by atoms with Crippen LogP contribution in [0, 0.1) is 0 Å². The molecule has 0 aromatic heterocycles. The Morgan fingerprint density at radius 1 is 1.19 bits per heavy atom. The highest BCUT2D eigenvalue weighted by Gasteiger charge is 2.28. The average molecular weight is 282 g/mol. The Labute approximate surface area is 126 Å². The van der Waals surface area contributed by atoms with Crippen LogP contribution in [0.25, 0.3) is 0 Å². The molecule has 0 saturated carbocycles. The quantitative estimate of drug-likeness (QED) is 0.851. The summed E-state index contributed by atoms with van der Waals surface area (Å²) in [6, 6.07) is 15.9. The smallest absolute Gasteiger partial charge is 0.104 e. The van der Waals surface area contributed by atoms with Gasteiger partial charge < -0.3 is 15.7 Å². The Morgan fingerprint density at radius 3 is 2.71 bits per heavy atom. The fourth-order valence-corrected chi connectivity index (χ4v) is 3.12. The molecular weight excluding hydrogens is 260 g/mol. The van der Waals surface area contributed by atoms with Gasteiger partial charge in [0.25, 0.3) is 0 Å². The summed E-state index contributed by atoms with van der Waals surface area (Å²) in [6.07, 6.45) is 2.16. The summed E-state index contributed by atoms with van der Waals surface area (Å²) < 4.78 is 0. The molecule has 3 nitrogen and oxygen atoms in total. The number of aryl methyl sites for hydroxylation is 1. The van der Waals surface area contributed by atoms with Crippen LogP contribution in [0.3, 0.4) is 0 Å². The molecule has 110 valence electrons. The van der Waals surface area contributed by atoms with E-state index in [-0.39, 0.29) is 0 Å². The fourth-order valence-electron chi connectivity index (χ4n) is 3.12. The maximum Gasteiger partial charge on any atom is 0.104 e. The van der Waals surface area contributed by atoms with Gasteiger partial charge in [0.2, 0.25) is 0 Å². The number of benzene rings is 2. The zero-order valence-corrected chi connectivity index (χ0v) is 12.4. The number of fused-ring (bicyclic) bond motifs is 1. The van der Waals surface area contributed by atoms with E-state index in [1.54, 1.807) is 0 Å². The molecule has 3 heteroatoms. The molecular formula is C18H22N2O. The van der Waals surface area contributed by atoms with Gasteiger partial charge in [-0.05, 0) is 49.1 Å². The highest BCUT2D eigenvalue weighted by molar-refractivity contribution is 5.61. The molecule has 3 N–H and O–H groups in total. The molecule has 0 aliphatic carbocycles. The van der Waals surface area contributed by atoms with Crippen LogP contribution in [0.1, 0.15) is 24.5 Å². The van der Waals surface area contributed by atoms with Crippen molar-refractivity contribution >= 4 is 11.4 Å². The van der Waals surface area contributed by atoms with Gasteiger partial charge in [0.05, 0.1) is 6.54 Å². The summed E-state index contributed by atoms with van der Waals surface area (Å²) in [5.41, 5.74) is 9.26. The Balaban J connectivity index is 1.86. The molecule has 0 fully saturated rings. The second-order valence-corrected chi connectivity index (χ2v) is 6.05. The van der Waals surface area contributed by atoms with Crippen molar-refractivity contribution in [2.45, 2.75) is 25.4 Å². The molecule has 1 heterocycles. The minimum atomic E-state index is -0.864. The largest absolute Gasteiger partial charge is 0.399 e. The number of nitrogens with two attached hydrogens (primary N) is 1. The highest BCUT2D eigenvalue weighted by atomic mass is 16.3. The van der Waals surface area contributed by atoms with Crippen molar-refractivity contribution in [3.05, 3.63) is 59.7 Å². The molecule has 0 spiro atoms. The molecule has 0 amide bonds. The Morgan fingerprint density at radius 2 is 1.95 bits per heavy atom. The second-order valence-electron chi connectivity index (χ2n) is 6.05. The third kappa shape index (κ3) is 2.88. The van der Waals surface area contributed by atoms with E-state index < -0.39 is 5.60 Å². The van der Waals surface area contributed by atoms with Crippen LogP contribution in [0.4, 0.5) is 11.4 Å². The number of nitrogens with zero attached hydrogens (tertiary/aromatic N) is 1. The van der Waals surface area contributed by atoms with Crippen LogP contribution in [0.15, 0.2) is 48.5 Å². The maximum atomic E-state index is 10.9. The van der Waals surface area contributed by atoms with Gasteiger partial charge >= 0.3 is 0 Å². The molecule has 0 bridgehead atoms. The number of aliphatic hydroxyl groups is 1. The van der Waals surface area contributed by atoms with Crippen LogP contribution in [-0.4, -0.2) is 18.2 Å². The Hall–Kier alpha value is -2.00. The van der Waals surface area contributed by atoms with Gasteiger partial charge in [-0.2, -0.15) is 0 Å². The van der Waals surface area contributed by atoms with Crippen LogP contribution in [0.5, 0.6) is 0 Å². The monoisotopic (exact) mass is 282 g/mol. The summed E-state index contributed by atoms with van der Waals surface area (Å²) >= 11 is 0. The molecule has 2 aromatic carbocycles. The van der Waals surface area contributed by atoms with Crippen LogP contribution < -0.4 is 10.6 Å². The van der Waals surface area contributed by atoms with E-state index in [0.29, 0.717) is 6.54 Å². The van der Waals surface area contributed by atoms with Gasteiger partial charge in [-0.1, -0.05) is 30.3 Å². The normalized spacial score (nSPS) is 17.1. The summed E-state index contributed by atoms with van der Waals surface area (Å²) in [4.78, 5) is 2.27. The van der Waals surface area contributed by atoms with Gasteiger partial charge in [0.1, 0.15) is 5.60 Å². The molecule has 0 radical (unpaired) electrons. The van der Waals surface area contributed by atoms with Gasteiger partial charge in [-0.15, -0.1) is 0 Å². The van der Waals surface area contributed by atoms with Gasteiger partial charge in [0.15, 0.2) is 0 Å². The first kappa shape index (κ1) is 14.0. The minimum Gasteiger partial charge on any atom is -0.399 e. The van der Waals surface area contributed by atoms with Crippen LogP contribution >= 0.6 is 0 Å². The number of β-amino-alcohol motifs (C(OH)–C–C–N with tert-alkyl or cyclic N) is 1. The van der Waals surface area contributed by atoms with E-state index in [2.05, 4.69) is 17.0 Å². The lowest BCUT2D eigenvalue weighted by Gasteiger charge is -2.37. The summed E-state index contributed by atoms with van der Waals surface area (Å²) in [7, 11) is 0. The molecule has 21 heavy (non-hydrogen) atoms. The zero-order valence-electron chi connectivity index (χ0n) is 12.4. The number of hydrogen-bond acceptors (Lipinski definition) is 3. The average Bonchev–Trinajstić information content (AvgIpc) is 2.48. The lowest BCUT2D eigenvalue weighted by Crippen LogP contribution is -2.41. The maximum absolute atomic E-state index is 10.9. The third-order valence-corrected chi connectivity index (χ3v) is 4.21.